The molecule has 0 saturated carbocycles. The first-order valence-electron chi connectivity index (χ1n) is 4.22. The first kappa shape index (κ1) is 14.1. The van der Waals surface area contributed by atoms with Crippen molar-refractivity contribution in [1.29, 1.82) is 0 Å². The minimum Gasteiger partial charge on any atom is -0.319 e. The minimum absolute atomic E-state index is 0.392. The summed E-state index contributed by atoms with van der Waals surface area (Å²) in [6.45, 7) is 0. The molecule has 1 rings (SSSR count). The minimum atomic E-state index is -5.80. The molecule has 0 aliphatic carbocycles. The normalized spacial score (nSPS) is 14.8. The maximum Gasteiger partial charge on any atom is 0.455 e. The van der Waals surface area contributed by atoms with Crippen molar-refractivity contribution in [3.63, 3.8) is 0 Å². The molecule has 2 N–H and O–H groups in total. The maximum absolute atomic E-state index is 12.9. The van der Waals surface area contributed by atoms with Gasteiger partial charge < -0.3 is 5.73 Å². The third-order valence-corrected chi connectivity index (χ3v) is 2.38. The maximum atomic E-state index is 12.9. The van der Waals surface area contributed by atoms with Crippen molar-refractivity contribution in [2.75, 3.05) is 0 Å². The molecule has 0 spiro atoms. The molecule has 0 saturated heterocycles. The first-order chi connectivity index (χ1) is 7.57. The summed E-state index contributed by atoms with van der Waals surface area (Å²) in [5.74, 6) is -6.26. The molecule has 0 bridgehead atoms. The van der Waals surface area contributed by atoms with Gasteiger partial charge in [0.1, 0.15) is 11.9 Å². The highest BCUT2D eigenvalue weighted by Crippen LogP contribution is 2.43. The van der Waals surface area contributed by atoms with Crippen LogP contribution in [0.25, 0.3) is 0 Å². The lowest BCUT2D eigenvalue weighted by Gasteiger charge is -2.25. The second-order valence-electron chi connectivity index (χ2n) is 3.27. The summed E-state index contributed by atoms with van der Waals surface area (Å²) in [6, 6.07) is -0.560. The van der Waals surface area contributed by atoms with Gasteiger partial charge in [0.2, 0.25) is 0 Å². The zero-order valence-corrected chi connectivity index (χ0v) is 8.79. The van der Waals surface area contributed by atoms with Crippen LogP contribution in [0.4, 0.5) is 26.3 Å². The molecule has 0 aromatic heterocycles. The van der Waals surface area contributed by atoms with E-state index in [4.69, 9.17) is 17.3 Å². The van der Waals surface area contributed by atoms with Crippen LogP contribution in [0.3, 0.4) is 0 Å². The summed E-state index contributed by atoms with van der Waals surface area (Å²) >= 11 is 5.26. The van der Waals surface area contributed by atoms with Crippen LogP contribution in [0.2, 0.25) is 5.02 Å². The average molecular weight is 278 g/mol. The Balaban J connectivity index is 3.12. The smallest absolute Gasteiger partial charge is 0.319 e. The molecule has 0 amide bonds. The van der Waals surface area contributed by atoms with Crippen LogP contribution >= 0.6 is 11.6 Å². The van der Waals surface area contributed by atoms with Gasteiger partial charge in [-0.1, -0.05) is 17.7 Å². The molecule has 1 aromatic carbocycles. The highest BCUT2D eigenvalue weighted by atomic mass is 35.5. The monoisotopic (exact) mass is 277 g/mol. The Hall–Kier alpha value is -0.950. The lowest BCUT2D eigenvalue weighted by atomic mass is 10.0. The van der Waals surface area contributed by atoms with Crippen molar-refractivity contribution in [3.8, 4) is 0 Å². The zero-order valence-electron chi connectivity index (χ0n) is 8.03. The van der Waals surface area contributed by atoms with Gasteiger partial charge in [-0.05, 0) is 17.7 Å². The Morgan fingerprint density at radius 3 is 2.06 bits per heavy atom. The number of nitrogens with two attached hydrogens (primary N) is 1. The summed E-state index contributed by atoms with van der Waals surface area (Å²) < 4.78 is 74.6. The van der Waals surface area contributed by atoms with Gasteiger partial charge in [0.05, 0.1) is 5.02 Å². The van der Waals surface area contributed by atoms with E-state index >= 15 is 0 Å². The van der Waals surface area contributed by atoms with E-state index in [9.17, 15) is 26.3 Å². The van der Waals surface area contributed by atoms with E-state index in [2.05, 4.69) is 0 Å². The molecule has 17 heavy (non-hydrogen) atoms. The molecule has 1 aromatic rings. The highest BCUT2D eigenvalue weighted by Gasteiger charge is 2.61. The van der Waals surface area contributed by atoms with Gasteiger partial charge in [0, 0.05) is 0 Å². The molecular weight excluding hydrogens is 272 g/mol. The van der Waals surface area contributed by atoms with E-state index in [1.807, 2.05) is 0 Å². The van der Waals surface area contributed by atoms with E-state index in [0.717, 1.165) is 12.1 Å². The molecular formula is C9H6ClF6N. The Morgan fingerprint density at radius 2 is 1.65 bits per heavy atom. The molecule has 0 aliphatic rings. The molecule has 0 radical (unpaired) electrons. The van der Waals surface area contributed by atoms with Crippen molar-refractivity contribution >= 4 is 11.6 Å². The first-order valence-corrected chi connectivity index (χ1v) is 4.60. The van der Waals surface area contributed by atoms with Gasteiger partial charge in [-0.25, -0.2) is 4.39 Å². The second kappa shape index (κ2) is 4.38. The van der Waals surface area contributed by atoms with Crippen LogP contribution in [0.5, 0.6) is 0 Å². The fourth-order valence-corrected chi connectivity index (χ4v) is 1.21. The van der Waals surface area contributed by atoms with Crippen molar-refractivity contribution in [3.05, 3.63) is 34.6 Å². The van der Waals surface area contributed by atoms with Crippen molar-refractivity contribution in [2.45, 2.75) is 18.1 Å². The largest absolute Gasteiger partial charge is 0.455 e. The standard InChI is InChI=1S/C9H6ClF6N/c10-5-2-1-4(3-6(5)11)7(17)8(12,13)9(14,15)16/h1-3,7H,17H2/t7-/m1/s1. The summed E-state index contributed by atoms with van der Waals surface area (Å²) in [6.07, 6.45) is -5.80. The van der Waals surface area contributed by atoms with Crippen LogP contribution < -0.4 is 5.73 Å². The van der Waals surface area contributed by atoms with Crippen LogP contribution in [0.15, 0.2) is 18.2 Å². The number of hydrogen-bond donors (Lipinski definition) is 1. The predicted molar refractivity (Wildman–Crippen MR) is 49.3 cm³/mol. The number of benzene rings is 1. The van der Waals surface area contributed by atoms with Crippen molar-refractivity contribution in [2.24, 2.45) is 5.73 Å². The molecule has 0 unspecified atom stereocenters. The lowest BCUT2D eigenvalue weighted by Crippen LogP contribution is -2.45. The van der Waals surface area contributed by atoms with Gasteiger partial charge in [0.15, 0.2) is 0 Å². The fraction of sp³-hybridized carbons (Fsp3) is 0.333. The van der Waals surface area contributed by atoms with Crippen LogP contribution in [0.1, 0.15) is 11.6 Å². The fourth-order valence-electron chi connectivity index (χ4n) is 1.09. The molecule has 1 nitrogen and oxygen atoms in total. The van der Waals surface area contributed by atoms with Crippen LogP contribution in [-0.2, 0) is 0 Å². The number of alkyl halides is 5. The number of hydrogen-bond acceptors (Lipinski definition) is 1. The number of halogens is 7. The van der Waals surface area contributed by atoms with Gasteiger partial charge in [-0.2, -0.15) is 22.0 Å². The zero-order chi connectivity index (χ0) is 13.4. The van der Waals surface area contributed by atoms with Crippen molar-refractivity contribution in [1.82, 2.24) is 0 Å². The van der Waals surface area contributed by atoms with Crippen molar-refractivity contribution < 1.29 is 26.3 Å². The highest BCUT2D eigenvalue weighted by molar-refractivity contribution is 6.30. The number of rotatable bonds is 2. The van der Waals surface area contributed by atoms with E-state index in [1.165, 1.54) is 0 Å². The molecule has 96 valence electrons. The topological polar surface area (TPSA) is 26.0 Å². The average Bonchev–Trinajstić information content (AvgIpc) is 2.19. The molecule has 0 aliphatic heterocycles. The Kier molecular flexibility index (Phi) is 3.63. The van der Waals surface area contributed by atoms with E-state index in [1.54, 1.807) is 0 Å². The quantitative estimate of drug-likeness (QED) is 0.820. The van der Waals surface area contributed by atoms with Crippen LogP contribution in [-0.4, -0.2) is 12.1 Å². The Bertz CT molecular complexity index is 416. The van der Waals surface area contributed by atoms with Gasteiger partial charge in [-0.15, -0.1) is 0 Å². The Morgan fingerprint density at radius 1 is 1.12 bits per heavy atom. The third kappa shape index (κ3) is 2.66. The van der Waals surface area contributed by atoms with Gasteiger partial charge in [-0.3, -0.25) is 0 Å². The van der Waals surface area contributed by atoms with Crippen LogP contribution in [0, 0.1) is 5.82 Å². The third-order valence-electron chi connectivity index (χ3n) is 2.07. The summed E-state index contributed by atoms with van der Waals surface area (Å²) in [4.78, 5) is 0. The van der Waals surface area contributed by atoms with Gasteiger partial charge >= 0.3 is 12.1 Å². The molecule has 8 heteroatoms. The summed E-state index contributed by atoms with van der Waals surface area (Å²) in [5, 5.41) is -0.392. The Labute approximate surface area is 97.2 Å². The lowest BCUT2D eigenvalue weighted by molar-refractivity contribution is -0.291. The summed E-state index contributed by atoms with van der Waals surface area (Å²) in [5.41, 5.74) is 4.11. The summed E-state index contributed by atoms with van der Waals surface area (Å²) in [7, 11) is 0. The molecule has 0 fully saturated rings. The molecule has 1 atom stereocenters. The van der Waals surface area contributed by atoms with E-state index in [-0.39, 0.29) is 0 Å². The van der Waals surface area contributed by atoms with E-state index < -0.39 is 34.5 Å². The van der Waals surface area contributed by atoms with Gasteiger partial charge in [0.25, 0.3) is 0 Å². The SMILES string of the molecule is N[C@H](c1ccc(Cl)c(F)c1)C(F)(F)C(F)(F)F. The van der Waals surface area contributed by atoms with E-state index in [0.29, 0.717) is 6.07 Å². The molecule has 0 heterocycles. The second-order valence-corrected chi connectivity index (χ2v) is 3.68. The predicted octanol–water partition coefficient (Wildman–Crippen LogP) is 3.68.